The minimum absolute atomic E-state index is 0.0579. The number of carbonyl (C=O) groups is 1. The monoisotopic (exact) mass is 859 g/mol. The van der Waals surface area contributed by atoms with E-state index in [1.165, 1.54) is 23.6 Å². The highest BCUT2D eigenvalue weighted by atomic mass is 32.2. The number of fused-ring (bicyclic) bond motifs is 1. The van der Waals surface area contributed by atoms with Gasteiger partial charge in [-0.25, -0.2) is 13.8 Å². The number of aromatic nitrogens is 2. The Morgan fingerprint density at radius 1 is 1.11 bits per heavy atom. The number of nitrogens with zero attached hydrogens (tertiary/aromatic N) is 4. The first kappa shape index (κ1) is 45.5. The zero-order valence-corrected chi connectivity index (χ0v) is 36.5. The molecule has 4 N–H and O–H groups in total. The SMILES string of the molecule is C=C(CC)C1=C(CN2CCN(c3ccc(C(=O)NSc4ccc(NCC5CCC(O)CC5)c([N+](=O)[O-])c4)c(Oc4cnc5[nH]ccc5c4)c3)CC2)CCC(C)(C)C1.CC(F)F. The van der Waals surface area contributed by atoms with Crippen molar-refractivity contribution in [2.24, 2.45) is 11.3 Å². The number of nitro groups is 1. The number of anilines is 2. The fourth-order valence-electron chi connectivity index (χ4n) is 8.25. The summed E-state index contributed by atoms with van der Waals surface area (Å²) in [5.41, 5.74) is 7.03. The molecule has 1 saturated heterocycles. The van der Waals surface area contributed by atoms with E-state index in [4.69, 9.17) is 4.74 Å². The van der Waals surface area contributed by atoms with Crippen molar-refractivity contribution in [1.29, 1.82) is 0 Å². The van der Waals surface area contributed by atoms with Crippen molar-refractivity contribution in [3.05, 3.63) is 99.9 Å². The third-order valence-corrected chi connectivity index (χ3v) is 12.6. The summed E-state index contributed by atoms with van der Waals surface area (Å²) in [7, 11) is 0. The van der Waals surface area contributed by atoms with Crippen LogP contribution < -0.4 is 19.7 Å². The van der Waals surface area contributed by atoms with Gasteiger partial charge >= 0.3 is 0 Å². The highest BCUT2D eigenvalue weighted by Crippen LogP contribution is 2.42. The van der Waals surface area contributed by atoms with E-state index in [0.717, 1.165) is 113 Å². The smallest absolute Gasteiger partial charge is 0.293 e. The normalized spacial score (nSPS) is 19.3. The number of nitro benzene ring substituents is 1. The molecule has 0 atom stereocenters. The first-order chi connectivity index (χ1) is 29.2. The Bertz CT molecular complexity index is 2190. The molecule has 1 amide bonds. The third-order valence-electron chi connectivity index (χ3n) is 11.8. The van der Waals surface area contributed by atoms with Crippen molar-refractivity contribution in [3.63, 3.8) is 0 Å². The van der Waals surface area contributed by atoms with Crippen LogP contribution in [-0.2, 0) is 0 Å². The van der Waals surface area contributed by atoms with Crippen LogP contribution in [0.3, 0.4) is 0 Å². The van der Waals surface area contributed by atoms with Crippen LogP contribution in [0.5, 0.6) is 11.5 Å². The van der Waals surface area contributed by atoms with E-state index >= 15 is 0 Å². The standard InChI is InChI=1S/C44H55N7O5S.C2H4F2/c1-5-29(2)38-25-44(3,4)16-14-32(38)28-49-18-20-50(21-19-49)33-8-12-37(41(23-33)56-35-22-31-15-17-45-42(31)47-27-35)43(53)48-57-36-11-13-39(40(24-36)51(54)55)46-26-30-6-9-34(52)10-7-30;1-2(3)4/h8,11-13,15,17,22-24,27,30,34,46,52H,2,5-7,9-10,14,16,18-21,25-26,28H2,1,3-4H3,(H,45,47)(H,48,53);2H,1H3. The van der Waals surface area contributed by atoms with Gasteiger partial charge in [0.1, 0.15) is 22.8 Å². The van der Waals surface area contributed by atoms with Gasteiger partial charge in [-0.05, 0) is 124 Å². The molecule has 0 radical (unpaired) electrons. The van der Waals surface area contributed by atoms with E-state index in [0.29, 0.717) is 45.5 Å². The Balaban J connectivity index is 0.00000149. The van der Waals surface area contributed by atoms with Gasteiger partial charge in [0.15, 0.2) is 0 Å². The lowest BCUT2D eigenvalue weighted by Crippen LogP contribution is -2.47. The van der Waals surface area contributed by atoms with E-state index in [1.54, 1.807) is 30.0 Å². The van der Waals surface area contributed by atoms with Crippen LogP contribution >= 0.6 is 11.9 Å². The molecule has 3 aliphatic rings. The summed E-state index contributed by atoms with van der Waals surface area (Å²) in [6.07, 6.45) is 8.72. The largest absolute Gasteiger partial charge is 0.455 e. The second kappa shape index (κ2) is 20.7. The zero-order valence-electron chi connectivity index (χ0n) is 35.6. The van der Waals surface area contributed by atoms with Crippen molar-refractivity contribution in [3.8, 4) is 11.5 Å². The molecule has 4 aromatic rings. The summed E-state index contributed by atoms with van der Waals surface area (Å²) in [4.78, 5) is 38.5. The number of rotatable bonds is 14. The van der Waals surface area contributed by atoms with Crippen LogP contribution in [0.15, 0.2) is 89.1 Å². The zero-order chi connectivity index (χ0) is 43.7. The van der Waals surface area contributed by atoms with Crippen LogP contribution in [0.25, 0.3) is 11.0 Å². The molecule has 7 rings (SSSR count). The van der Waals surface area contributed by atoms with E-state index in [-0.39, 0.29) is 17.7 Å². The molecule has 328 valence electrons. The van der Waals surface area contributed by atoms with Crippen molar-refractivity contribution in [2.75, 3.05) is 49.5 Å². The Hall–Kier alpha value is -4.99. The van der Waals surface area contributed by atoms with Crippen LogP contribution in [-0.4, -0.2) is 82.6 Å². The number of hydrogen-bond acceptors (Lipinski definition) is 10. The highest BCUT2D eigenvalue weighted by molar-refractivity contribution is 7.98. The average molecular weight is 860 g/mol. The number of carbonyl (C=O) groups excluding carboxylic acids is 1. The van der Waals surface area contributed by atoms with E-state index in [2.05, 4.69) is 57.2 Å². The Labute approximate surface area is 361 Å². The number of hydrogen-bond donors (Lipinski definition) is 4. The number of allylic oxidation sites excluding steroid dienone is 2. The number of aliphatic hydroxyl groups excluding tert-OH is 1. The second-order valence-corrected chi connectivity index (χ2v) is 17.9. The van der Waals surface area contributed by atoms with Gasteiger partial charge in [0, 0.05) is 73.6 Å². The van der Waals surface area contributed by atoms with Crippen LogP contribution in [0.1, 0.15) is 89.4 Å². The van der Waals surface area contributed by atoms with Crippen LogP contribution in [0, 0.1) is 21.4 Å². The first-order valence-corrected chi connectivity index (χ1v) is 22.1. The molecular weight excluding hydrogens is 801 g/mol. The molecule has 2 aromatic heterocycles. The number of aromatic amines is 1. The molecule has 3 heterocycles. The molecule has 0 unspecified atom stereocenters. The first-order valence-electron chi connectivity index (χ1n) is 21.2. The van der Waals surface area contributed by atoms with Crippen molar-refractivity contribution >= 4 is 46.0 Å². The topological polar surface area (TPSA) is 149 Å². The number of pyridine rings is 1. The van der Waals surface area contributed by atoms with Gasteiger partial charge < -0.3 is 25.0 Å². The molecule has 0 bridgehead atoms. The van der Waals surface area contributed by atoms with E-state index in [1.807, 2.05) is 30.5 Å². The van der Waals surface area contributed by atoms with Crippen molar-refractivity contribution < 1.29 is 28.3 Å². The number of H-pyrrole nitrogens is 1. The average Bonchev–Trinajstić information content (AvgIpc) is 3.71. The van der Waals surface area contributed by atoms with Gasteiger partial charge in [0.25, 0.3) is 11.6 Å². The Morgan fingerprint density at radius 2 is 1.85 bits per heavy atom. The summed E-state index contributed by atoms with van der Waals surface area (Å²) in [6, 6.07) is 14.4. The molecule has 12 nitrogen and oxygen atoms in total. The summed E-state index contributed by atoms with van der Waals surface area (Å²) in [6.45, 7) is 17.3. The van der Waals surface area contributed by atoms with Gasteiger partial charge in [0.05, 0.1) is 22.8 Å². The molecular formula is C46H59F2N7O5S. The maximum Gasteiger partial charge on any atom is 0.293 e. The lowest BCUT2D eigenvalue weighted by Gasteiger charge is -2.39. The quantitative estimate of drug-likeness (QED) is 0.0548. The number of benzene rings is 2. The molecule has 0 spiro atoms. The van der Waals surface area contributed by atoms with Crippen molar-refractivity contribution in [1.82, 2.24) is 19.6 Å². The number of aliphatic hydroxyl groups is 1. The fourth-order valence-corrected chi connectivity index (χ4v) is 8.88. The molecule has 1 saturated carbocycles. The Kier molecular flexibility index (Phi) is 15.5. The maximum atomic E-state index is 13.8. The number of piperazine rings is 1. The molecule has 2 aliphatic carbocycles. The minimum atomic E-state index is -2.17. The highest BCUT2D eigenvalue weighted by Gasteiger charge is 2.30. The maximum absolute atomic E-state index is 13.8. The third kappa shape index (κ3) is 12.5. The summed E-state index contributed by atoms with van der Waals surface area (Å²) in [5.74, 6) is 0.858. The number of alkyl halides is 2. The van der Waals surface area contributed by atoms with Crippen LogP contribution in [0.4, 0.5) is 25.8 Å². The van der Waals surface area contributed by atoms with Gasteiger partial charge in [-0.2, -0.15) is 0 Å². The summed E-state index contributed by atoms with van der Waals surface area (Å²) < 4.78 is 30.0. The van der Waals surface area contributed by atoms with Crippen molar-refractivity contribution in [2.45, 2.75) is 96.5 Å². The number of nitrogens with one attached hydrogen (secondary N) is 3. The minimum Gasteiger partial charge on any atom is -0.455 e. The lowest BCUT2D eigenvalue weighted by molar-refractivity contribution is -0.384. The molecule has 2 aromatic carbocycles. The van der Waals surface area contributed by atoms with Crippen LogP contribution in [0.2, 0.25) is 0 Å². The van der Waals surface area contributed by atoms with E-state index in [9.17, 15) is 28.8 Å². The number of amides is 1. The van der Waals surface area contributed by atoms with E-state index < -0.39 is 11.3 Å². The number of halogens is 2. The molecule has 1 aliphatic heterocycles. The summed E-state index contributed by atoms with van der Waals surface area (Å²) >= 11 is 1.02. The van der Waals surface area contributed by atoms with Gasteiger partial charge in [-0.3, -0.25) is 24.5 Å². The van der Waals surface area contributed by atoms with Gasteiger partial charge in [-0.15, -0.1) is 0 Å². The lowest BCUT2D eigenvalue weighted by atomic mass is 9.72. The molecule has 2 fully saturated rings. The number of ether oxygens (including phenoxy) is 1. The summed E-state index contributed by atoms with van der Waals surface area (Å²) in [5, 5.41) is 26.0. The van der Waals surface area contributed by atoms with Gasteiger partial charge in [-0.1, -0.05) is 38.5 Å². The predicted octanol–water partition coefficient (Wildman–Crippen LogP) is 10.5. The molecule has 61 heavy (non-hydrogen) atoms. The fraction of sp³-hybridized carbons (Fsp3) is 0.478. The predicted molar refractivity (Wildman–Crippen MR) is 240 cm³/mol. The second-order valence-electron chi connectivity index (χ2n) is 17.1. The van der Waals surface area contributed by atoms with Gasteiger partial charge in [0.2, 0.25) is 6.43 Å². The Morgan fingerprint density at radius 3 is 2.56 bits per heavy atom. The molecule has 15 heteroatoms.